The van der Waals surface area contributed by atoms with E-state index in [9.17, 15) is 19.8 Å². The number of aliphatic hydroxyl groups excluding tert-OH is 1. The number of ketones is 1. The normalized spacial score (nSPS) is 17.5. The van der Waals surface area contributed by atoms with Crippen molar-refractivity contribution < 1.29 is 24.5 Å². The van der Waals surface area contributed by atoms with Crippen LogP contribution in [0.4, 0.5) is 5.69 Å². The highest BCUT2D eigenvalue weighted by Gasteiger charge is 2.47. The van der Waals surface area contributed by atoms with Crippen molar-refractivity contribution in [2.45, 2.75) is 13.0 Å². The number of Topliss-reactive ketones (excluding diaryl/α,β-unsaturated/α-hetero) is 1. The summed E-state index contributed by atoms with van der Waals surface area (Å²) in [7, 11) is 1.37. The van der Waals surface area contributed by atoms with Crippen LogP contribution in [-0.2, 0) is 9.59 Å². The Balaban J connectivity index is 2.04. The van der Waals surface area contributed by atoms with Crippen molar-refractivity contribution in [2.75, 3.05) is 12.0 Å². The Kier molecular flexibility index (Phi) is 6.06. The van der Waals surface area contributed by atoms with Crippen LogP contribution in [0.25, 0.3) is 5.76 Å². The fourth-order valence-electron chi connectivity index (χ4n) is 4.01. The molecule has 0 spiro atoms. The van der Waals surface area contributed by atoms with Crippen LogP contribution in [0.2, 0.25) is 10.0 Å². The second-order valence-corrected chi connectivity index (χ2v) is 8.36. The van der Waals surface area contributed by atoms with Gasteiger partial charge in [0.05, 0.1) is 29.3 Å². The van der Waals surface area contributed by atoms with E-state index in [-0.39, 0.29) is 32.7 Å². The first-order valence-corrected chi connectivity index (χ1v) is 10.7. The number of hydrogen-bond donors (Lipinski definition) is 2. The van der Waals surface area contributed by atoms with Crippen LogP contribution < -0.4 is 9.64 Å². The minimum absolute atomic E-state index is 0.0498. The Morgan fingerprint density at radius 2 is 1.76 bits per heavy atom. The molecule has 3 aromatic rings. The van der Waals surface area contributed by atoms with Crippen LogP contribution >= 0.6 is 23.2 Å². The van der Waals surface area contributed by atoms with Gasteiger partial charge in [0, 0.05) is 10.7 Å². The van der Waals surface area contributed by atoms with Crippen molar-refractivity contribution in [2.24, 2.45) is 0 Å². The van der Waals surface area contributed by atoms with Gasteiger partial charge in [-0.05, 0) is 48.4 Å². The van der Waals surface area contributed by atoms with E-state index >= 15 is 0 Å². The fraction of sp³-hybridized carbons (Fsp3) is 0.120. The molecule has 1 amide bonds. The Hall–Kier alpha value is -3.48. The maximum absolute atomic E-state index is 13.3. The third kappa shape index (κ3) is 3.92. The maximum atomic E-state index is 13.3. The monoisotopic (exact) mass is 483 g/mol. The molecule has 0 aliphatic carbocycles. The fourth-order valence-corrected chi connectivity index (χ4v) is 4.58. The molecule has 1 fully saturated rings. The number of rotatable bonds is 4. The van der Waals surface area contributed by atoms with Gasteiger partial charge in [-0.1, -0.05) is 53.5 Å². The van der Waals surface area contributed by atoms with Gasteiger partial charge in [-0.25, -0.2) is 0 Å². The molecule has 1 atom stereocenters. The summed E-state index contributed by atoms with van der Waals surface area (Å²) in [6, 6.07) is 15.1. The summed E-state index contributed by atoms with van der Waals surface area (Å²) >= 11 is 12.4. The summed E-state index contributed by atoms with van der Waals surface area (Å²) in [4.78, 5) is 27.8. The van der Waals surface area contributed by atoms with Crippen molar-refractivity contribution in [1.29, 1.82) is 0 Å². The van der Waals surface area contributed by atoms with E-state index in [1.165, 1.54) is 36.3 Å². The molecule has 1 heterocycles. The van der Waals surface area contributed by atoms with Gasteiger partial charge >= 0.3 is 0 Å². The van der Waals surface area contributed by atoms with Crippen molar-refractivity contribution in [3.8, 4) is 11.5 Å². The molecule has 2 N–H and O–H groups in total. The number of aryl methyl sites for hydroxylation is 1. The minimum Gasteiger partial charge on any atom is -0.508 e. The number of amides is 1. The second-order valence-electron chi connectivity index (χ2n) is 7.52. The number of anilines is 1. The number of phenols is 1. The summed E-state index contributed by atoms with van der Waals surface area (Å²) in [6.07, 6.45) is 0. The van der Waals surface area contributed by atoms with Gasteiger partial charge in [0.2, 0.25) is 0 Å². The predicted molar refractivity (Wildman–Crippen MR) is 127 cm³/mol. The predicted octanol–water partition coefficient (Wildman–Crippen LogP) is 5.64. The molecule has 1 unspecified atom stereocenters. The van der Waals surface area contributed by atoms with E-state index < -0.39 is 23.5 Å². The first kappa shape index (κ1) is 22.7. The summed E-state index contributed by atoms with van der Waals surface area (Å²) in [6.45, 7) is 1.81. The van der Waals surface area contributed by atoms with Gasteiger partial charge in [-0.2, -0.15) is 0 Å². The van der Waals surface area contributed by atoms with Crippen LogP contribution in [-0.4, -0.2) is 29.0 Å². The summed E-state index contributed by atoms with van der Waals surface area (Å²) in [5.41, 5.74) is 1.59. The number of halogens is 2. The van der Waals surface area contributed by atoms with Gasteiger partial charge in [-0.3, -0.25) is 14.5 Å². The molecular formula is C25H19Cl2NO5. The molecular weight excluding hydrogens is 465 g/mol. The van der Waals surface area contributed by atoms with E-state index in [0.29, 0.717) is 11.3 Å². The van der Waals surface area contributed by atoms with Crippen LogP contribution in [0.15, 0.2) is 66.2 Å². The van der Waals surface area contributed by atoms with Gasteiger partial charge in [0.25, 0.3) is 11.7 Å². The minimum atomic E-state index is -1.01. The standard InChI is InChI=1S/C25H19Cl2NO5/c1-13-6-3-4-9-19(13)28-21(14-7-5-8-16(29)10-14)20(23(31)25(28)32)22(30)17-11-15(26)12-18(27)24(17)33-2/h3-12,21,29-30H,1-2H3/b22-20+. The maximum Gasteiger partial charge on any atom is 0.300 e. The molecule has 3 aromatic carbocycles. The average Bonchev–Trinajstić information content (AvgIpc) is 3.04. The molecule has 0 aromatic heterocycles. The lowest BCUT2D eigenvalue weighted by Gasteiger charge is -2.27. The Labute approximate surface area is 200 Å². The second kappa shape index (κ2) is 8.81. The number of hydrogen-bond acceptors (Lipinski definition) is 5. The third-order valence-electron chi connectivity index (χ3n) is 5.47. The van der Waals surface area contributed by atoms with E-state index in [0.717, 1.165) is 5.56 Å². The zero-order valence-electron chi connectivity index (χ0n) is 17.7. The van der Waals surface area contributed by atoms with Crippen molar-refractivity contribution >= 4 is 46.3 Å². The first-order chi connectivity index (χ1) is 15.7. The molecule has 0 saturated carbocycles. The van der Waals surface area contributed by atoms with Gasteiger partial charge in [-0.15, -0.1) is 0 Å². The lowest BCUT2D eigenvalue weighted by atomic mass is 9.94. The van der Waals surface area contributed by atoms with Gasteiger partial charge < -0.3 is 14.9 Å². The number of aliphatic hydroxyl groups is 1. The zero-order valence-corrected chi connectivity index (χ0v) is 19.2. The number of nitrogens with zero attached hydrogens (tertiary/aromatic N) is 1. The van der Waals surface area contributed by atoms with E-state index in [4.69, 9.17) is 27.9 Å². The number of para-hydroxylation sites is 1. The molecule has 8 heteroatoms. The van der Waals surface area contributed by atoms with Crippen LogP contribution in [0.3, 0.4) is 0 Å². The zero-order chi connectivity index (χ0) is 23.9. The number of carbonyl (C=O) groups excluding carboxylic acids is 2. The van der Waals surface area contributed by atoms with Gasteiger partial charge in [0.1, 0.15) is 17.3 Å². The van der Waals surface area contributed by atoms with Crippen LogP contribution in [0, 0.1) is 6.92 Å². The highest BCUT2D eigenvalue weighted by molar-refractivity contribution is 6.52. The van der Waals surface area contributed by atoms with E-state index in [1.54, 1.807) is 24.3 Å². The molecule has 4 rings (SSSR count). The molecule has 33 heavy (non-hydrogen) atoms. The molecule has 1 aliphatic rings. The molecule has 168 valence electrons. The number of methoxy groups -OCH3 is 1. The van der Waals surface area contributed by atoms with E-state index in [2.05, 4.69) is 0 Å². The lowest BCUT2D eigenvalue weighted by Crippen LogP contribution is -2.30. The number of benzene rings is 3. The average molecular weight is 484 g/mol. The summed E-state index contributed by atoms with van der Waals surface area (Å²) < 4.78 is 5.33. The summed E-state index contributed by atoms with van der Waals surface area (Å²) in [5.74, 6) is -2.13. The Bertz CT molecular complexity index is 1320. The molecule has 0 bridgehead atoms. The number of carbonyl (C=O) groups is 2. The summed E-state index contributed by atoms with van der Waals surface area (Å²) in [5, 5.41) is 21.8. The molecule has 6 nitrogen and oxygen atoms in total. The van der Waals surface area contributed by atoms with Crippen LogP contribution in [0.1, 0.15) is 22.7 Å². The quantitative estimate of drug-likeness (QED) is 0.284. The third-order valence-corrected chi connectivity index (χ3v) is 5.97. The topological polar surface area (TPSA) is 87.1 Å². The number of phenolic OH excluding ortho intramolecular Hbond substituents is 1. The molecule has 1 saturated heterocycles. The SMILES string of the molecule is COc1c(Cl)cc(Cl)cc1/C(O)=C1\C(=O)C(=O)N(c2ccccc2C)C1c1cccc(O)c1. The van der Waals surface area contributed by atoms with Crippen molar-refractivity contribution in [3.05, 3.63) is 93.0 Å². The molecule has 1 aliphatic heterocycles. The highest BCUT2D eigenvalue weighted by atomic mass is 35.5. The smallest absolute Gasteiger partial charge is 0.300 e. The lowest BCUT2D eigenvalue weighted by molar-refractivity contribution is -0.132. The Morgan fingerprint density at radius 1 is 1.03 bits per heavy atom. The van der Waals surface area contributed by atoms with Crippen molar-refractivity contribution in [3.63, 3.8) is 0 Å². The van der Waals surface area contributed by atoms with Crippen LogP contribution in [0.5, 0.6) is 11.5 Å². The molecule has 0 radical (unpaired) electrons. The number of ether oxygens (including phenoxy) is 1. The number of aromatic hydroxyl groups is 1. The Morgan fingerprint density at radius 3 is 2.42 bits per heavy atom. The van der Waals surface area contributed by atoms with Gasteiger partial charge in [0.15, 0.2) is 0 Å². The van der Waals surface area contributed by atoms with Crippen molar-refractivity contribution in [1.82, 2.24) is 0 Å². The highest BCUT2D eigenvalue weighted by Crippen LogP contribution is 2.45. The largest absolute Gasteiger partial charge is 0.508 e. The van der Waals surface area contributed by atoms with E-state index in [1.807, 2.05) is 19.1 Å². The first-order valence-electron chi connectivity index (χ1n) is 9.93.